The van der Waals surface area contributed by atoms with Gasteiger partial charge >= 0.3 is 0 Å². The number of rotatable bonds is 4. The Labute approximate surface area is 144 Å². The number of likely N-dealkylation sites (N-methyl/N-ethyl adjacent to an activating group) is 2. The normalized spacial score (nSPS) is 19.0. The van der Waals surface area contributed by atoms with Gasteiger partial charge in [-0.1, -0.05) is 0 Å². The largest absolute Gasteiger partial charge is 0.337 e. The molecular formula is C18H28N4O2. The van der Waals surface area contributed by atoms with Gasteiger partial charge in [0.05, 0.1) is 5.54 Å². The van der Waals surface area contributed by atoms with Gasteiger partial charge in [-0.2, -0.15) is 0 Å². The predicted molar refractivity (Wildman–Crippen MR) is 96.0 cm³/mol. The lowest BCUT2D eigenvalue weighted by Gasteiger charge is -2.35. The Morgan fingerprint density at radius 2 is 1.92 bits per heavy atom. The molecule has 6 heteroatoms. The lowest BCUT2D eigenvalue weighted by atomic mass is 10.0. The predicted octanol–water partition coefficient (Wildman–Crippen LogP) is 1.53. The third kappa shape index (κ3) is 4.55. The second-order valence-electron chi connectivity index (χ2n) is 7.23. The number of nitrogens with zero attached hydrogens (tertiary/aromatic N) is 2. The highest BCUT2D eigenvalue weighted by Crippen LogP contribution is 2.17. The summed E-state index contributed by atoms with van der Waals surface area (Å²) in [6, 6.07) is 7.19. The van der Waals surface area contributed by atoms with Crippen molar-refractivity contribution in [3.8, 4) is 0 Å². The van der Waals surface area contributed by atoms with Crippen molar-refractivity contribution in [1.82, 2.24) is 9.80 Å². The van der Waals surface area contributed by atoms with Crippen LogP contribution in [0.25, 0.3) is 0 Å². The second-order valence-corrected chi connectivity index (χ2v) is 7.23. The molecule has 1 atom stereocenters. The number of carbonyl (C=O) groups excluding carboxylic acids is 2. The van der Waals surface area contributed by atoms with Crippen molar-refractivity contribution in [3.05, 3.63) is 29.8 Å². The van der Waals surface area contributed by atoms with Crippen LogP contribution < -0.4 is 11.1 Å². The summed E-state index contributed by atoms with van der Waals surface area (Å²) in [7, 11) is 3.94. The Bertz CT molecular complexity index is 592. The van der Waals surface area contributed by atoms with Gasteiger partial charge in [0.1, 0.15) is 0 Å². The standard InChI is InChI=1S/C18H28N4O2/c1-18(2,19)17(24)20-14-9-7-13(8-10-14)16(23)22(4)15-6-5-11-21(3)12-15/h7-10,15H,5-6,11-12,19H2,1-4H3,(H,20,24). The number of nitrogens with one attached hydrogen (secondary N) is 1. The quantitative estimate of drug-likeness (QED) is 0.876. The molecule has 1 aliphatic rings. The van der Waals surface area contributed by atoms with Crippen molar-refractivity contribution in [3.63, 3.8) is 0 Å². The average molecular weight is 332 g/mol. The van der Waals surface area contributed by atoms with E-state index in [4.69, 9.17) is 5.73 Å². The number of hydrogen-bond donors (Lipinski definition) is 2. The first-order chi connectivity index (χ1) is 11.2. The van der Waals surface area contributed by atoms with Crippen LogP contribution in [0.15, 0.2) is 24.3 Å². The molecule has 3 N–H and O–H groups in total. The fourth-order valence-corrected chi connectivity index (χ4v) is 2.81. The van der Waals surface area contributed by atoms with Gasteiger partial charge in [0.15, 0.2) is 0 Å². The smallest absolute Gasteiger partial charge is 0.253 e. The van der Waals surface area contributed by atoms with E-state index >= 15 is 0 Å². The molecule has 2 rings (SSSR count). The molecule has 2 amide bonds. The van der Waals surface area contributed by atoms with Crippen LogP contribution in [0.2, 0.25) is 0 Å². The van der Waals surface area contributed by atoms with E-state index < -0.39 is 5.54 Å². The Kier molecular flexibility index (Phi) is 5.62. The van der Waals surface area contributed by atoms with Crippen molar-refractivity contribution in [1.29, 1.82) is 0 Å². The molecule has 1 aliphatic heterocycles. The summed E-state index contributed by atoms with van der Waals surface area (Å²) < 4.78 is 0. The lowest BCUT2D eigenvalue weighted by Crippen LogP contribution is -2.47. The number of piperidine rings is 1. The molecule has 1 unspecified atom stereocenters. The minimum atomic E-state index is -0.943. The maximum absolute atomic E-state index is 12.6. The van der Waals surface area contributed by atoms with Crippen LogP contribution in [-0.4, -0.2) is 60.4 Å². The van der Waals surface area contributed by atoms with E-state index in [0.29, 0.717) is 11.3 Å². The number of anilines is 1. The number of amides is 2. The summed E-state index contributed by atoms with van der Waals surface area (Å²) in [5.41, 5.74) is 6.07. The Balaban J connectivity index is 2.01. The molecule has 0 aromatic heterocycles. The number of carbonyl (C=O) groups is 2. The zero-order valence-corrected chi connectivity index (χ0v) is 15.0. The molecule has 1 aromatic rings. The summed E-state index contributed by atoms with van der Waals surface area (Å²) in [4.78, 5) is 28.6. The maximum Gasteiger partial charge on any atom is 0.253 e. The van der Waals surface area contributed by atoms with Gasteiger partial charge in [-0.25, -0.2) is 0 Å². The number of hydrogen-bond acceptors (Lipinski definition) is 4. The third-order valence-electron chi connectivity index (χ3n) is 4.44. The van der Waals surface area contributed by atoms with Crippen molar-refractivity contribution < 1.29 is 9.59 Å². The minimum Gasteiger partial charge on any atom is -0.337 e. The molecule has 0 radical (unpaired) electrons. The van der Waals surface area contributed by atoms with E-state index in [9.17, 15) is 9.59 Å². The van der Waals surface area contributed by atoms with E-state index in [-0.39, 0.29) is 17.9 Å². The van der Waals surface area contributed by atoms with Gasteiger partial charge in [0.25, 0.3) is 5.91 Å². The molecule has 132 valence electrons. The van der Waals surface area contributed by atoms with Gasteiger partial charge in [0.2, 0.25) is 5.91 Å². The molecule has 6 nitrogen and oxygen atoms in total. The van der Waals surface area contributed by atoms with Crippen LogP contribution >= 0.6 is 0 Å². The Morgan fingerprint density at radius 1 is 1.29 bits per heavy atom. The van der Waals surface area contributed by atoms with E-state index in [1.165, 1.54) is 0 Å². The summed E-state index contributed by atoms with van der Waals surface area (Å²) in [6.07, 6.45) is 2.14. The monoisotopic (exact) mass is 332 g/mol. The molecular weight excluding hydrogens is 304 g/mol. The van der Waals surface area contributed by atoms with E-state index in [1.54, 1.807) is 38.1 Å². The third-order valence-corrected chi connectivity index (χ3v) is 4.44. The SMILES string of the molecule is CN1CCCC(N(C)C(=O)c2ccc(NC(=O)C(C)(C)N)cc2)C1. The van der Waals surface area contributed by atoms with Gasteiger partial charge in [-0.15, -0.1) is 0 Å². The molecule has 0 spiro atoms. The summed E-state index contributed by atoms with van der Waals surface area (Å²) in [5.74, 6) is -0.253. The van der Waals surface area contributed by atoms with E-state index in [0.717, 1.165) is 25.9 Å². The molecule has 0 saturated carbocycles. The first-order valence-electron chi connectivity index (χ1n) is 8.34. The van der Waals surface area contributed by atoms with E-state index in [1.807, 2.05) is 11.9 Å². The number of likely N-dealkylation sites (tertiary alicyclic amines) is 1. The van der Waals surface area contributed by atoms with Crippen molar-refractivity contribution in [2.45, 2.75) is 38.3 Å². The minimum absolute atomic E-state index is 0.00679. The van der Waals surface area contributed by atoms with Crippen molar-refractivity contribution >= 4 is 17.5 Å². The Morgan fingerprint density at radius 3 is 2.46 bits per heavy atom. The number of benzene rings is 1. The van der Waals surface area contributed by atoms with Gasteiger partial charge in [-0.3, -0.25) is 9.59 Å². The lowest BCUT2D eigenvalue weighted by molar-refractivity contribution is -0.120. The van der Waals surface area contributed by atoms with Gasteiger partial charge in [0, 0.05) is 30.9 Å². The highest BCUT2D eigenvalue weighted by Gasteiger charge is 2.25. The first kappa shape index (κ1) is 18.4. The summed E-state index contributed by atoms with van der Waals surface area (Å²) in [5, 5.41) is 2.75. The first-order valence-corrected chi connectivity index (χ1v) is 8.34. The highest BCUT2D eigenvalue weighted by atomic mass is 16.2. The number of nitrogens with two attached hydrogens (primary N) is 1. The molecule has 0 bridgehead atoms. The fourth-order valence-electron chi connectivity index (χ4n) is 2.81. The van der Waals surface area contributed by atoms with Crippen molar-refractivity contribution in [2.75, 3.05) is 32.5 Å². The van der Waals surface area contributed by atoms with Crippen LogP contribution in [0.1, 0.15) is 37.0 Å². The molecule has 1 aromatic carbocycles. The molecule has 1 fully saturated rings. The molecule has 1 heterocycles. The van der Waals surface area contributed by atoms with Crippen LogP contribution in [0, 0.1) is 0 Å². The summed E-state index contributed by atoms with van der Waals surface area (Å²) in [6.45, 7) is 5.29. The highest BCUT2D eigenvalue weighted by molar-refractivity contribution is 5.98. The molecule has 1 saturated heterocycles. The second kappa shape index (κ2) is 7.32. The van der Waals surface area contributed by atoms with Crippen LogP contribution in [-0.2, 0) is 4.79 Å². The van der Waals surface area contributed by atoms with Gasteiger partial charge in [-0.05, 0) is 64.5 Å². The Hall–Kier alpha value is -1.92. The average Bonchev–Trinajstić information content (AvgIpc) is 2.53. The zero-order valence-electron chi connectivity index (χ0n) is 15.0. The van der Waals surface area contributed by atoms with Crippen molar-refractivity contribution in [2.24, 2.45) is 5.73 Å². The van der Waals surface area contributed by atoms with Crippen LogP contribution in [0.3, 0.4) is 0 Å². The fraction of sp³-hybridized carbons (Fsp3) is 0.556. The summed E-state index contributed by atoms with van der Waals surface area (Å²) >= 11 is 0. The molecule has 0 aliphatic carbocycles. The van der Waals surface area contributed by atoms with Crippen LogP contribution in [0.5, 0.6) is 0 Å². The zero-order chi connectivity index (χ0) is 17.9. The van der Waals surface area contributed by atoms with Gasteiger partial charge < -0.3 is 20.9 Å². The van der Waals surface area contributed by atoms with E-state index in [2.05, 4.69) is 17.3 Å². The maximum atomic E-state index is 12.6. The topological polar surface area (TPSA) is 78.7 Å². The van der Waals surface area contributed by atoms with Crippen LogP contribution in [0.4, 0.5) is 5.69 Å². The molecule has 24 heavy (non-hydrogen) atoms.